The number of hydrogen-bond donors (Lipinski definition) is 1. The van der Waals surface area contributed by atoms with Gasteiger partial charge >= 0.3 is 0 Å². The van der Waals surface area contributed by atoms with Gasteiger partial charge in [0.05, 0.1) is 0 Å². The molecule has 0 unspecified atom stereocenters. The van der Waals surface area contributed by atoms with E-state index in [9.17, 15) is 4.39 Å². The Morgan fingerprint density at radius 3 is 2.83 bits per heavy atom. The SMILES string of the molecule is C=C(CC)c1cc(F)ccc1N. The molecule has 0 radical (unpaired) electrons. The van der Waals surface area contributed by atoms with Crippen LogP contribution in [-0.4, -0.2) is 0 Å². The van der Waals surface area contributed by atoms with E-state index in [1.807, 2.05) is 6.92 Å². The molecular weight excluding hydrogens is 153 g/mol. The van der Waals surface area contributed by atoms with Gasteiger partial charge in [0, 0.05) is 11.3 Å². The monoisotopic (exact) mass is 165 g/mol. The van der Waals surface area contributed by atoms with Gasteiger partial charge < -0.3 is 5.73 Å². The first-order valence-corrected chi connectivity index (χ1v) is 3.88. The lowest BCUT2D eigenvalue weighted by atomic mass is 10.0. The normalized spacial score (nSPS) is 9.83. The van der Waals surface area contributed by atoms with Gasteiger partial charge in [0.25, 0.3) is 0 Å². The number of halogens is 1. The molecule has 0 amide bonds. The van der Waals surface area contributed by atoms with E-state index in [-0.39, 0.29) is 5.82 Å². The van der Waals surface area contributed by atoms with Crippen LogP contribution in [0, 0.1) is 5.82 Å². The largest absolute Gasteiger partial charge is 0.398 e. The van der Waals surface area contributed by atoms with Gasteiger partial charge in [0.15, 0.2) is 0 Å². The second kappa shape index (κ2) is 3.39. The van der Waals surface area contributed by atoms with Gasteiger partial charge in [-0.15, -0.1) is 0 Å². The fourth-order valence-electron chi connectivity index (χ4n) is 1.03. The summed E-state index contributed by atoms with van der Waals surface area (Å²) in [5.41, 5.74) is 7.81. The predicted octanol–water partition coefficient (Wildman–Crippen LogP) is 2.83. The zero-order valence-corrected chi connectivity index (χ0v) is 7.10. The molecule has 0 bridgehead atoms. The number of nitrogens with two attached hydrogens (primary N) is 1. The lowest BCUT2D eigenvalue weighted by Crippen LogP contribution is -1.93. The molecule has 2 N–H and O–H groups in total. The molecule has 0 spiro atoms. The summed E-state index contributed by atoms with van der Waals surface area (Å²) in [4.78, 5) is 0. The molecule has 12 heavy (non-hydrogen) atoms. The zero-order chi connectivity index (χ0) is 9.14. The standard InChI is InChI=1S/C10H12FN/c1-3-7(2)9-6-8(11)4-5-10(9)12/h4-6H,2-3,12H2,1H3. The minimum absolute atomic E-state index is 0.270. The van der Waals surface area contributed by atoms with Crippen LogP contribution in [0.25, 0.3) is 5.57 Å². The van der Waals surface area contributed by atoms with Crippen LogP contribution in [-0.2, 0) is 0 Å². The molecule has 0 heterocycles. The van der Waals surface area contributed by atoms with Crippen molar-refractivity contribution in [1.82, 2.24) is 0 Å². The van der Waals surface area contributed by atoms with E-state index < -0.39 is 0 Å². The highest BCUT2D eigenvalue weighted by atomic mass is 19.1. The Morgan fingerprint density at radius 2 is 2.25 bits per heavy atom. The summed E-state index contributed by atoms with van der Waals surface area (Å²) >= 11 is 0. The number of allylic oxidation sites excluding steroid dienone is 1. The lowest BCUT2D eigenvalue weighted by Gasteiger charge is -2.06. The van der Waals surface area contributed by atoms with Crippen molar-refractivity contribution in [2.75, 3.05) is 5.73 Å². The van der Waals surface area contributed by atoms with Crippen LogP contribution >= 0.6 is 0 Å². The third-order valence-electron chi connectivity index (χ3n) is 1.82. The minimum atomic E-state index is -0.270. The van der Waals surface area contributed by atoms with Gasteiger partial charge in [-0.3, -0.25) is 0 Å². The molecular formula is C10H12FN. The first kappa shape index (κ1) is 8.78. The van der Waals surface area contributed by atoms with Crippen LogP contribution in [0.4, 0.5) is 10.1 Å². The molecule has 1 aromatic carbocycles. The summed E-state index contributed by atoms with van der Waals surface area (Å²) in [6.45, 7) is 5.76. The van der Waals surface area contributed by atoms with Crippen LogP contribution < -0.4 is 5.73 Å². The highest BCUT2D eigenvalue weighted by Gasteiger charge is 2.02. The molecule has 0 fully saturated rings. The summed E-state index contributed by atoms with van der Waals surface area (Å²) < 4.78 is 12.7. The smallest absolute Gasteiger partial charge is 0.123 e. The predicted molar refractivity (Wildman–Crippen MR) is 50.1 cm³/mol. The lowest BCUT2D eigenvalue weighted by molar-refractivity contribution is 0.627. The van der Waals surface area contributed by atoms with Gasteiger partial charge in [0.1, 0.15) is 5.82 Å². The molecule has 0 saturated carbocycles. The van der Waals surface area contributed by atoms with Crippen LogP contribution in [0.15, 0.2) is 24.8 Å². The topological polar surface area (TPSA) is 26.0 Å². The van der Waals surface area contributed by atoms with Gasteiger partial charge in [-0.05, 0) is 30.2 Å². The van der Waals surface area contributed by atoms with E-state index in [0.717, 1.165) is 17.6 Å². The Kier molecular flexibility index (Phi) is 2.48. The first-order valence-electron chi connectivity index (χ1n) is 3.88. The Labute approximate surface area is 71.7 Å². The number of hydrogen-bond acceptors (Lipinski definition) is 1. The van der Waals surface area contributed by atoms with E-state index in [0.29, 0.717) is 5.69 Å². The van der Waals surface area contributed by atoms with Crippen LogP contribution in [0.5, 0.6) is 0 Å². The molecule has 0 aromatic heterocycles. The molecule has 1 nitrogen and oxygen atoms in total. The third kappa shape index (κ3) is 1.64. The van der Waals surface area contributed by atoms with Crippen molar-refractivity contribution in [2.45, 2.75) is 13.3 Å². The maximum absolute atomic E-state index is 12.7. The highest BCUT2D eigenvalue weighted by molar-refractivity contribution is 5.73. The van der Waals surface area contributed by atoms with E-state index in [1.165, 1.54) is 12.1 Å². The fourth-order valence-corrected chi connectivity index (χ4v) is 1.03. The summed E-state index contributed by atoms with van der Waals surface area (Å²) in [6.07, 6.45) is 0.785. The Bertz CT molecular complexity index is 305. The zero-order valence-electron chi connectivity index (χ0n) is 7.10. The maximum Gasteiger partial charge on any atom is 0.123 e. The van der Waals surface area contributed by atoms with E-state index >= 15 is 0 Å². The number of anilines is 1. The van der Waals surface area contributed by atoms with Crippen molar-refractivity contribution in [2.24, 2.45) is 0 Å². The van der Waals surface area contributed by atoms with Gasteiger partial charge in [0.2, 0.25) is 0 Å². The third-order valence-corrected chi connectivity index (χ3v) is 1.82. The van der Waals surface area contributed by atoms with Gasteiger partial charge in [-0.1, -0.05) is 13.5 Å². The van der Waals surface area contributed by atoms with Crippen LogP contribution in [0.3, 0.4) is 0 Å². The molecule has 0 aliphatic carbocycles. The molecule has 0 aliphatic rings. The average Bonchev–Trinajstić information content (AvgIpc) is 2.08. The molecule has 64 valence electrons. The van der Waals surface area contributed by atoms with Crippen LogP contribution in [0.1, 0.15) is 18.9 Å². The van der Waals surface area contributed by atoms with Gasteiger partial charge in [-0.25, -0.2) is 4.39 Å². The van der Waals surface area contributed by atoms with Crippen molar-refractivity contribution < 1.29 is 4.39 Å². The molecule has 0 aliphatic heterocycles. The second-order valence-electron chi connectivity index (χ2n) is 2.69. The quantitative estimate of drug-likeness (QED) is 0.670. The van der Waals surface area contributed by atoms with Crippen molar-refractivity contribution in [3.8, 4) is 0 Å². The molecule has 2 heteroatoms. The van der Waals surface area contributed by atoms with Crippen molar-refractivity contribution in [3.63, 3.8) is 0 Å². The maximum atomic E-state index is 12.7. The Hall–Kier alpha value is -1.31. The van der Waals surface area contributed by atoms with E-state index in [2.05, 4.69) is 6.58 Å². The second-order valence-corrected chi connectivity index (χ2v) is 2.69. The van der Waals surface area contributed by atoms with Gasteiger partial charge in [-0.2, -0.15) is 0 Å². The minimum Gasteiger partial charge on any atom is -0.398 e. The summed E-state index contributed by atoms with van der Waals surface area (Å²) in [6, 6.07) is 4.33. The summed E-state index contributed by atoms with van der Waals surface area (Å²) in [5.74, 6) is -0.270. The fraction of sp³-hybridized carbons (Fsp3) is 0.200. The number of rotatable bonds is 2. The highest BCUT2D eigenvalue weighted by Crippen LogP contribution is 2.22. The molecule has 0 saturated heterocycles. The average molecular weight is 165 g/mol. The summed E-state index contributed by atoms with van der Waals surface area (Å²) in [5, 5.41) is 0. The number of nitrogen functional groups attached to an aromatic ring is 1. The van der Waals surface area contributed by atoms with E-state index in [4.69, 9.17) is 5.73 Å². The molecule has 0 atom stereocenters. The van der Waals surface area contributed by atoms with Crippen molar-refractivity contribution in [3.05, 3.63) is 36.2 Å². The van der Waals surface area contributed by atoms with Crippen LogP contribution in [0.2, 0.25) is 0 Å². The van der Waals surface area contributed by atoms with Crippen molar-refractivity contribution in [1.29, 1.82) is 0 Å². The first-order chi connectivity index (χ1) is 5.65. The molecule has 1 rings (SSSR count). The summed E-state index contributed by atoms with van der Waals surface area (Å²) in [7, 11) is 0. The van der Waals surface area contributed by atoms with Crippen molar-refractivity contribution >= 4 is 11.3 Å². The Balaban J connectivity index is 3.13. The van der Waals surface area contributed by atoms with E-state index in [1.54, 1.807) is 6.07 Å². The Morgan fingerprint density at radius 1 is 1.58 bits per heavy atom. The number of benzene rings is 1. The molecule has 1 aromatic rings.